The molecule has 3 rings (SSSR count). The molecule has 0 aromatic heterocycles. The lowest BCUT2D eigenvalue weighted by Gasteiger charge is -2.52. The second-order valence-electron chi connectivity index (χ2n) is 22.2. The van der Waals surface area contributed by atoms with Crippen LogP contribution in [0.3, 0.4) is 0 Å². The van der Waals surface area contributed by atoms with E-state index in [0.29, 0.717) is 18.8 Å². The van der Waals surface area contributed by atoms with Gasteiger partial charge in [0.1, 0.15) is 52.6 Å². The molecular formula is C47H85N7O15. The van der Waals surface area contributed by atoms with Gasteiger partial charge in [0.15, 0.2) is 6.29 Å². The van der Waals surface area contributed by atoms with Gasteiger partial charge in [-0.15, -0.1) is 0 Å². The van der Waals surface area contributed by atoms with Crippen molar-refractivity contribution >= 4 is 30.3 Å². The average Bonchev–Trinajstić information content (AvgIpc) is 3.18. The van der Waals surface area contributed by atoms with Crippen molar-refractivity contribution in [1.82, 2.24) is 31.5 Å². The Bertz CT molecular complexity index is 1740. The van der Waals surface area contributed by atoms with Gasteiger partial charge >= 0.3 is 24.4 Å². The first-order chi connectivity index (χ1) is 31.7. The summed E-state index contributed by atoms with van der Waals surface area (Å²) < 4.78 is 41.5. The van der Waals surface area contributed by atoms with Crippen molar-refractivity contribution in [2.45, 2.75) is 211 Å². The molecule has 1 aliphatic carbocycles. The van der Waals surface area contributed by atoms with Crippen molar-refractivity contribution in [2.75, 3.05) is 39.8 Å². The van der Waals surface area contributed by atoms with Crippen LogP contribution in [-0.4, -0.2) is 173 Å². The van der Waals surface area contributed by atoms with Crippen LogP contribution in [0, 0.1) is 5.92 Å². The predicted octanol–water partition coefficient (Wildman–Crippen LogP) is 3.03. The Balaban J connectivity index is 2.14. The minimum absolute atomic E-state index is 0.0130. The molecule has 11 atom stereocenters. The van der Waals surface area contributed by atoms with Crippen LogP contribution in [0.5, 0.6) is 0 Å². The van der Waals surface area contributed by atoms with Crippen LogP contribution >= 0.6 is 0 Å². The van der Waals surface area contributed by atoms with E-state index in [9.17, 15) is 39.3 Å². The summed E-state index contributed by atoms with van der Waals surface area (Å²) in [4.78, 5) is 68.0. The Morgan fingerprint density at radius 1 is 0.812 bits per heavy atom. The fraction of sp³-hybridized carbons (Fsp3) is 0.851. The van der Waals surface area contributed by atoms with Crippen LogP contribution in [0.25, 0.3) is 0 Å². The number of aliphatic hydroxyl groups is 3. The third-order valence-corrected chi connectivity index (χ3v) is 11.5. The number of nitrogens with zero attached hydrogens (tertiary/aromatic N) is 1. The van der Waals surface area contributed by atoms with E-state index in [0.717, 1.165) is 12.8 Å². The smallest absolute Gasteiger partial charge is 0.410 e. The van der Waals surface area contributed by atoms with Crippen LogP contribution in [0.4, 0.5) is 19.2 Å². The molecule has 0 aromatic carbocycles. The van der Waals surface area contributed by atoms with E-state index in [1.54, 1.807) is 90.0 Å². The Morgan fingerprint density at radius 3 is 1.94 bits per heavy atom. The minimum Gasteiger partial charge on any atom is -0.491 e. The minimum atomic E-state index is -1.70. The number of hydrogen-bond acceptors (Lipinski definition) is 17. The molecule has 1 saturated carbocycles. The highest BCUT2D eigenvalue weighted by atomic mass is 16.7. The van der Waals surface area contributed by atoms with Gasteiger partial charge in [-0.1, -0.05) is 0 Å². The molecule has 22 nitrogen and oxygen atoms in total. The number of nitrogens with two attached hydrogens (primary N) is 1. The first-order valence-electron chi connectivity index (χ1n) is 24.0. The number of carbonyl (C=O) groups is 5. The summed E-state index contributed by atoms with van der Waals surface area (Å²) in [5.41, 5.74) is 0.904. The summed E-state index contributed by atoms with van der Waals surface area (Å²) in [6, 6.07) is -3.18. The second-order valence-corrected chi connectivity index (χ2v) is 22.2. The largest absolute Gasteiger partial charge is 0.491 e. The summed E-state index contributed by atoms with van der Waals surface area (Å²) >= 11 is 0. The van der Waals surface area contributed by atoms with E-state index in [1.165, 1.54) is 11.9 Å². The molecule has 0 spiro atoms. The summed E-state index contributed by atoms with van der Waals surface area (Å²) in [7, 11) is 1.48. The zero-order valence-corrected chi connectivity index (χ0v) is 43.4. The van der Waals surface area contributed by atoms with Gasteiger partial charge in [-0.05, 0) is 148 Å². The van der Waals surface area contributed by atoms with Crippen molar-refractivity contribution in [1.29, 1.82) is 0 Å². The predicted molar refractivity (Wildman–Crippen MR) is 254 cm³/mol. The maximum Gasteiger partial charge on any atom is 0.410 e. The topological polar surface area (TPSA) is 300 Å². The van der Waals surface area contributed by atoms with Gasteiger partial charge in [0, 0.05) is 25.6 Å². The lowest BCUT2D eigenvalue weighted by molar-refractivity contribution is -0.287. The number of hydrogen-bond donors (Lipinski definition) is 9. The SMILES string of the molecule is CN(C(=O)OC(C)(C)C)[C@@]1(C)CCO[C@H](O[C@H]2[C@H](NC(=O)[C@@H](O)CCNC(=O)OC(C)(C)C)C[C@H](NC(=O)OC(C)(C)C)C([C@H]3OC(CNCCCCN)=CC[C@H]3NC(=O)OC(C)(C)C)[C@@H]2O)[C@@H]1O. The molecule has 2 heterocycles. The highest BCUT2D eigenvalue weighted by Crippen LogP contribution is 2.39. The molecule has 0 aromatic rings. The summed E-state index contributed by atoms with van der Waals surface area (Å²) in [5.74, 6) is -1.58. The zero-order valence-electron chi connectivity index (χ0n) is 43.4. The van der Waals surface area contributed by atoms with Gasteiger partial charge in [0.2, 0.25) is 5.91 Å². The quantitative estimate of drug-likeness (QED) is 0.0747. The number of carbonyl (C=O) groups excluding carboxylic acids is 5. The van der Waals surface area contributed by atoms with Crippen molar-refractivity contribution in [3.8, 4) is 0 Å². The van der Waals surface area contributed by atoms with Gasteiger partial charge in [-0.25, -0.2) is 19.2 Å². The first-order valence-corrected chi connectivity index (χ1v) is 24.0. The lowest BCUT2D eigenvalue weighted by atomic mass is 9.72. The highest BCUT2D eigenvalue weighted by molar-refractivity contribution is 5.81. The molecular weight excluding hydrogens is 903 g/mol. The highest BCUT2D eigenvalue weighted by Gasteiger charge is 2.56. The van der Waals surface area contributed by atoms with Gasteiger partial charge in [-0.3, -0.25) is 4.79 Å². The molecule has 0 bridgehead atoms. The third kappa shape index (κ3) is 19.2. The Morgan fingerprint density at radius 2 is 1.38 bits per heavy atom. The molecule has 1 unspecified atom stereocenters. The maximum atomic E-state index is 13.9. The van der Waals surface area contributed by atoms with Gasteiger partial charge in [0.05, 0.1) is 36.9 Å². The van der Waals surface area contributed by atoms with E-state index in [2.05, 4.69) is 26.6 Å². The van der Waals surface area contributed by atoms with Crippen LogP contribution < -0.4 is 32.3 Å². The first kappa shape index (κ1) is 59.1. The number of ether oxygens (including phenoxy) is 7. The van der Waals surface area contributed by atoms with E-state index < -0.39 is 119 Å². The monoisotopic (exact) mass is 988 g/mol. The number of rotatable bonds is 17. The van der Waals surface area contributed by atoms with Gasteiger partial charge in [0.25, 0.3) is 0 Å². The fourth-order valence-electron chi connectivity index (χ4n) is 8.10. The van der Waals surface area contributed by atoms with E-state index in [4.69, 9.17) is 38.9 Å². The molecule has 3 aliphatic rings. The standard InChI is InChI=1S/C47H85N7O15/c1-43(2,3)66-39(59)50-23-19-31(55)37(58)51-30-25-29(53-41(61)68-45(7,8)9)32(34-28(52-40(60)67-44(4,5)6)18-17-27(64-34)26-49-22-16-15-21-48)33(56)35(30)65-38-36(57)47(13,20-24-63-38)54(14)42(62)69-46(10,11)12/h17,28-36,38,49,55-57H,15-16,18-26,48H2,1-14H3,(H,50,59)(H,51,58)(H,52,60)(H,53,61)/t28-,29+,30-,31+,32?,33+,34+,35+,36+,38-,47+/m1/s1. The lowest BCUT2D eigenvalue weighted by Crippen LogP contribution is -2.70. The summed E-state index contributed by atoms with van der Waals surface area (Å²) in [6.07, 6.45) is -8.78. The number of alkyl carbamates (subject to hydrolysis) is 3. The summed E-state index contributed by atoms with van der Waals surface area (Å²) in [5, 5.41) is 50.5. The van der Waals surface area contributed by atoms with Crippen LogP contribution in [-0.2, 0) is 38.0 Å². The normalized spacial score (nSPS) is 28.1. The van der Waals surface area contributed by atoms with Crippen molar-refractivity contribution in [2.24, 2.45) is 11.7 Å². The van der Waals surface area contributed by atoms with Crippen molar-refractivity contribution in [3.05, 3.63) is 11.8 Å². The molecule has 2 fully saturated rings. The molecule has 10 N–H and O–H groups in total. The molecule has 22 heteroatoms. The van der Waals surface area contributed by atoms with E-state index in [1.807, 2.05) is 6.08 Å². The molecule has 2 aliphatic heterocycles. The van der Waals surface area contributed by atoms with Crippen LogP contribution in [0.15, 0.2) is 11.8 Å². The number of likely N-dealkylation sites (N-methyl/N-ethyl adjacent to an activating group) is 1. The second kappa shape index (κ2) is 24.8. The number of nitrogens with one attached hydrogen (secondary N) is 5. The van der Waals surface area contributed by atoms with E-state index >= 15 is 0 Å². The Kier molecular flexibility index (Phi) is 21.2. The summed E-state index contributed by atoms with van der Waals surface area (Å²) in [6.45, 7) is 23.3. The van der Waals surface area contributed by atoms with Crippen LogP contribution in [0.1, 0.15) is 129 Å². The van der Waals surface area contributed by atoms with Gasteiger partial charge in [-0.2, -0.15) is 0 Å². The Labute approximate surface area is 408 Å². The third-order valence-electron chi connectivity index (χ3n) is 11.5. The number of unbranched alkanes of at least 4 members (excludes halogenated alkanes) is 1. The molecule has 1 saturated heterocycles. The fourth-order valence-corrected chi connectivity index (χ4v) is 8.10. The van der Waals surface area contributed by atoms with Crippen molar-refractivity contribution < 1.29 is 72.5 Å². The zero-order chi connectivity index (χ0) is 52.3. The molecule has 0 radical (unpaired) electrons. The van der Waals surface area contributed by atoms with Gasteiger partial charge < -0.3 is 85.7 Å². The Hall–Kier alpha value is -4.19. The number of aliphatic hydroxyl groups excluding tert-OH is 3. The molecule has 69 heavy (non-hydrogen) atoms. The van der Waals surface area contributed by atoms with E-state index in [-0.39, 0.29) is 45.4 Å². The maximum absolute atomic E-state index is 13.9. The average molecular weight is 988 g/mol. The number of amides is 5. The molecule has 5 amide bonds. The van der Waals surface area contributed by atoms with Crippen molar-refractivity contribution in [3.63, 3.8) is 0 Å². The molecule has 398 valence electrons. The van der Waals surface area contributed by atoms with Crippen LogP contribution in [0.2, 0.25) is 0 Å².